The molecule has 0 aliphatic heterocycles. The van der Waals surface area contributed by atoms with Gasteiger partial charge in [-0.2, -0.15) is 0 Å². The van der Waals surface area contributed by atoms with E-state index in [9.17, 15) is 9.90 Å². The lowest BCUT2D eigenvalue weighted by Gasteiger charge is -2.17. The van der Waals surface area contributed by atoms with Crippen LogP contribution in [0.25, 0.3) is 10.8 Å². The van der Waals surface area contributed by atoms with E-state index in [1.165, 1.54) is 0 Å². The summed E-state index contributed by atoms with van der Waals surface area (Å²) in [5, 5.41) is 11.7. The summed E-state index contributed by atoms with van der Waals surface area (Å²) < 4.78 is 11.1. The minimum Gasteiger partial charge on any atom is -0.496 e. The van der Waals surface area contributed by atoms with Gasteiger partial charge in [0, 0.05) is 6.42 Å². The van der Waals surface area contributed by atoms with Crippen molar-refractivity contribution in [2.75, 3.05) is 7.11 Å². The van der Waals surface area contributed by atoms with Crippen LogP contribution in [0.15, 0.2) is 60.7 Å². The van der Waals surface area contributed by atoms with E-state index in [0.29, 0.717) is 11.5 Å². The van der Waals surface area contributed by atoms with Gasteiger partial charge in [0.25, 0.3) is 0 Å². The monoisotopic (exact) mass is 336 g/mol. The number of rotatable bonds is 6. The molecule has 0 aliphatic rings. The molecular weight excluding hydrogens is 316 g/mol. The molecule has 3 rings (SSSR count). The van der Waals surface area contributed by atoms with Gasteiger partial charge in [-0.1, -0.05) is 48.0 Å². The number of hydrogen-bond acceptors (Lipinski definition) is 3. The van der Waals surface area contributed by atoms with Gasteiger partial charge in [-0.3, -0.25) is 0 Å². The second-order valence-corrected chi connectivity index (χ2v) is 5.97. The number of carboxylic acids is 1. The number of ether oxygens (including phenoxy) is 2. The Balaban J connectivity index is 1.86. The molecule has 0 fully saturated rings. The van der Waals surface area contributed by atoms with Gasteiger partial charge in [0.2, 0.25) is 0 Å². The van der Waals surface area contributed by atoms with Crippen LogP contribution in [-0.4, -0.2) is 24.3 Å². The van der Waals surface area contributed by atoms with Crippen LogP contribution in [0.5, 0.6) is 11.5 Å². The van der Waals surface area contributed by atoms with Crippen molar-refractivity contribution in [2.24, 2.45) is 0 Å². The summed E-state index contributed by atoms with van der Waals surface area (Å²) in [6.45, 7) is 1.96. The molecule has 0 saturated heterocycles. The number of hydrogen-bond donors (Lipinski definition) is 1. The second kappa shape index (κ2) is 7.26. The Morgan fingerprint density at radius 1 is 1.04 bits per heavy atom. The predicted molar refractivity (Wildman–Crippen MR) is 97.4 cm³/mol. The Bertz CT molecular complexity index is 901. The summed E-state index contributed by atoms with van der Waals surface area (Å²) in [5.74, 6) is 0.202. The Labute approximate surface area is 146 Å². The molecule has 0 saturated carbocycles. The highest BCUT2D eigenvalue weighted by molar-refractivity contribution is 5.84. The highest BCUT2D eigenvalue weighted by Gasteiger charge is 2.22. The molecule has 0 heterocycles. The van der Waals surface area contributed by atoms with Crippen LogP contribution in [-0.2, 0) is 11.2 Å². The Morgan fingerprint density at radius 2 is 1.80 bits per heavy atom. The lowest BCUT2D eigenvalue weighted by molar-refractivity contribution is -0.145. The van der Waals surface area contributed by atoms with E-state index in [1.54, 1.807) is 13.2 Å². The second-order valence-electron chi connectivity index (χ2n) is 5.97. The SMILES string of the molecule is COc1ccc(C)cc1CC(Oc1ccc2ccccc2c1)C(=O)O. The van der Waals surface area contributed by atoms with Crippen LogP contribution >= 0.6 is 0 Å². The van der Waals surface area contributed by atoms with E-state index in [0.717, 1.165) is 21.9 Å². The minimum absolute atomic E-state index is 0.229. The molecule has 0 bridgehead atoms. The van der Waals surface area contributed by atoms with Gasteiger partial charge in [0.1, 0.15) is 11.5 Å². The molecule has 1 atom stereocenters. The van der Waals surface area contributed by atoms with Gasteiger partial charge in [-0.05, 0) is 41.5 Å². The maximum absolute atomic E-state index is 11.7. The average Bonchev–Trinajstić information content (AvgIpc) is 2.61. The van der Waals surface area contributed by atoms with E-state index in [2.05, 4.69) is 0 Å². The van der Waals surface area contributed by atoms with Gasteiger partial charge in [-0.15, -0.1) is 0 Å². The average molecular weight is 336 g/mol. The fraction of sp³-hybridized carbons (Fsp3) is 0.190. The molecule has 1 unspecified atom stereocenters. The number of aliphatic carboxylic acids is 1. The highest BCUT2D eigenvalue weighted by atomic mass is 16.5. The molecule has 0 aliphatic carbocycles. The van der Waals surface area contributed by atoms with Gasteiger partial charge >= 0.3 is 5.97 Å². The minimum atomic E-state index is -1.00. The van der Waals surface area contributed by atoms with Gasteiger partial charge < -0.3 is 14.6 Å². The maximum Gasteiger partial charge on any atom is 0.345 e. The first-order valence-electron chi connectivity index (χ1n) is 8.08. The molecule has 0 spiro atoms. The molecule has 0 amide bonds. The molecule has 128 valence electrons. The summed E-state index contributed by atoms with van der Waals surface area (Å²) in [6.07, 6.45) is -0.760. The van der Waals surface area contributed by atoms with Crippen LogP contribution in [0.4, 0.5) is 0 Å². The van der Waals surface area contributed by atoms with Gasteiger partial charge in [0.15, 0.2) is 6.10 Å². The van der Waals surface area contributed by atoms with Crippen molar-refractivity contribution in [1.82, 2.24) is 0 Å². The summed E-state index contributed by atoms with van der Waals surface area (Å²) in [5.41, 5.74) is 1.86. The fourth-order valence-electron chi connectivity index (χ4n) is 2.85. The smallest absolute Gasteiger partial charge is 0.345 e. The third-order valence-electron chi connectivity index (χ3n) is 4.12. The van der Waals surface area contributed by atoms with Crippen molar-refractivity contribution in [3.63, 3.8) is 0 Å². The van der Waals surface area contributed by atoms with Crippen LogP contribution in [0.2, 0.25) is 0 Å². The topological polar surface area (TPSA) is 55.8 Å². The van der Waals surface area contributed by atoms with Gasteiger partial charge in [-0.25, -0.2) is 4.79 Å². The van der Waals surface area contributed by atoms with Crippen molar-refractivity contribution >= 4 is 16.7 Å². The molecular formula is C21H20O4. The lowest BCUT2D eigenvalue weighted by Crippen LogP contribution is -2.29. The zero-order chi connectivity index (χ0) is 17.8. The Kier molecular flexibility index (Phi) is 4.89. The normalized spacial score (nSPS) is 11.9. The maximum atomic E-state index is 11.7. The number of methoxy groups -OCH3 is 1. The first-order valence-corrected chi connectivity index (χ1v) is 8.08. The number of carboxylic acid groups (broad SMARTS) is 1. The Hall–Kier alpha value is -3.01. The number of fused-ring (bicyclic) bond motifs is 1. The van der Waals surface area contributed by atoms with Crippen molar-refractivity contribution in [2.45, 2.75) is 19.4 Å². The van der Waals surface area contributed by atoms with Crippen LogP contribution in [0.1, 0.15) is 11.1 Å². The zero-order valence-corrected chi connectivity index (χ0v) is 14.2. The largest absolute Gasteiger partial charge is 0.496 e. The molecule has 4 nitrogen and oxygen atoms in total. The molecule has 0 radical (unpaired) electrons. The summed E-state index contributed by atoms with van der Waals surface area (Å²) in [7, 11) is 1.58. The summed E-state index contributed by atoms with van der Waals surface area (Å²) >= 11 is 0. The molecule has 25 heavy (non-hydrogen) atoms. The zero-order valence-electron chi connectivity index (χ0n) is 14.2. The van der Waals surface area contributed by atoms with E-state index >= 15 is 0 Å². The quantitative estimate of drug-likeness (QED) is 0.732. The lowest BCUT2D eigenvalue weighted by atomic mass is 10.0. The van der Waals surface area contributed by atoms with E-state index < -0.39 is 12.1 Å². The van der Waals surface area contributed by atoms with Crippen LogP contribution in [0.3, 0.4) is 0 Å². The van der Waals surface area contributed by atoms with Crippen molar-refractivity contribution in [1.29, 1.82) is 0 Å². The highest BCUT2D eigenvalue weighted by Crippen LogP contribution is 2.25. The molecule has 3 aromatic carbocycles. The van der Waals surface area contributed by atoms with Crippen molar-refractivity contribution < 1.29 is 19.4 Å². The predicted octanol–water partition coefficient (Wildman–Crippen LogP) is 4.23. The van der Waals surface area contributed by atoms with Gasteiger partial charge in [0.05, 0.1) is 7.11 Å². The Morgan fingerprint density at radius 3 is 2.52 bits per heavy atom. The summed E-state index contributed by atoms with van der Waals surface area (Å²) in [6, 6.07) is 19.2. The summed E-state index contributed by atoms with van der Waals surface area (Å²) in [4.78, 5) is 11.7. The van der Waals surface area contributed by atoms with Crippen LogP contribution in [0, 0.1) is 6.92 Å². The molecule has 4 heteroatoms. The first kappa shape index (κ1) is 16.8. The third kappa shape index (κ3) is 3.91. The number of benzene rings is 3. The standard InChI is InChI=1S/C21H20O4/c1-14-7-10-19(24-2)17(11-14)13-20(21(22)23)25-18-9-8-15-5-3-4-6-16(15)12-18/h3-12,20H,13H2,1-2H3,(H,22,23). The van der Waals surface area contributed by atoms with Crippen LogP contribution < -0.4 is 9.47 Å². The van der Waals surface area contributed by atoms with Crippen molar-refractivity contribution in [3.8, 4) is 11.5 Å². The third-order valence-corrected chi connectivity index (χ3v) is 4.12. The first-order chi connectivity index (χ1) is 12.1. The number of aryl methyl sites for hydroxylation is 1. The van der Waals surface area contributed by atoms with E-state index in [-0.39, 0.29) is 6.42 Å². The molecule has 1 N–H and O–H groups in total. The van der Waals surface area contributed by atoms with Crippen molar-refractivity contribution in [3.05, 3.63) is 71.8 Å². The molecule has 3 aromatic rings. The number of carbonyl (C=O) groups is 1. The fourth-order valence-corrected chi connectivity index (χ4v) is 2.85. The van der Waals surface area contributed by atoms with E-state index in [1.807, 2.05) is 61.5 Å². The van der Waals surface area contributed by atoms with E-state index in [4.69, 9.17) is 9.47 Å². The molecule has 0 aromatic heterocycles.